The molecule has 0 bridgehead atoms. The van der Waals surface area contributed by atoms with E-state index in [1.165, 1.54) is 25.0 Å². The molecular weight excluding hydrogens is 333 g/mol. The van der Waals surface area contributed by atoms with Gasteiger partial charge in [-0.15, -0.1) is 0 Å². The smallest absolute Gasteiger partial charge is 0.416 e. The number of benzene rings is 1. The number of ether oxygens (including phenoxy) is 1. The molecule has 1 atom stereocenters. The van der Waals surface area contributed by atoms with Crippen LogP contribution in [-0.2, 0) is 11.0 Å². The maximum absolute atomic E-state index is 12.6. The van der Waals surface area contributed by atoms with E-state index in [4.69, 9.17) is 4.74 Å². The SMILES string of the molecule is C[C@H]1CCCN(CCCNC(=O)COc2cccc(C(F)(F)F)c2)C1. The molecule has 0 unspecified atom stereocenters. The van der Waals surface area contributed by atoms with Gasteiger partial charge < -0.3 is 15.0 Å². The number of carbonyl (C=O) groups is 1. The molecule has 1 aromatic rings. The van der Waals surface area contributed by atoms with Crippen molar-refractivity contribution in [2.45, 2.75) is 32.4 Å². The Morgan fingerprint density at radius 3 is 2.92 bits per heavy atom. The van der Waals surface area contributed by atoms with Gasteiger partial charge in [0.2, 0.25) is 0 Å². The van der Waals surface area contributed by atoms with Crippen LogP contribution in [0.4, 0.5) is 13.2 Å². The highest BCUT2D eigenvalue weighted by Gasteiger charge is 2.30. The number of amides is 1. The summed E-state index contributed by atoms with van der Waals surface area (Å²) in [7, 11) is 0. The Morgan fingerprint density at radius 2 is 2.20 bits per heavy atom. The average molecular weight is 358 g/mol. The number of hydrogen-bond donors (Lipinski definition) is 1. The fraction of sp³-hybridized carbons (Fsp3) is 0.611. The van der Waals surface area contributed by atoms with E-state index in [0.29, 0.717) is 6.54 Å². The zero-order valence-corrected chi connectivity index (χ0v) is 14.4. The van der Waals surface area contributed by atoms with E-state index >= 15 is 0 Å². The van der Waals surface area contributed by atoms with Crippen molar-refractivity contribution < 1.29 is 22.7 Å². The Kier molecular flexibility index (Phi) is 7.11. The van der Waals surface area contributed by atoms with E-state index in [-0.39, 0.29) is 18.3 Å². The first kappa shape index (κ1) is 19.6. The van der Waals surface area contributed by atoms with Crippen LogP contribution in [0.25, 0.3) is 0 Å². The molecule has 1 aliphatic rings. The van der Waals surface area contributed by atoms with E-state index in [1.807, 2.05) is 0 Å². The normalized spacial score (nSPS) is 18.8. The summed E-state index contributed by atoms with van der Waals surface area (Å²) in [4.78, 5) is 14.1. The molecule has 140 valence electrons. The second-order valence-corrected chi connectivity index (χ2v) is 6.57. The van der Waals surface area contributed by atoms with Crippen LogP contribution in [0.3, 0.4) is 0 Å². The zero-order chi connectivity index (χ0) is 18.3. The van der Waals surface area contributed by atoms with Crippen molar-refractivity contribution in [3.8, 4) is 5.75 Å². The molecule has 0 aliphatic carbocycles. The second kappa shape index (κ2) is 9.08. The van der Waals surface area contributed by atoms with Gasteiger partial charge in [0.05, 0.1) is 5.56 Å². The monoisotopic (exact) mass is 358 g/mol. The summed E-state index contributed by atoms with van der Waals surface area (Å²) in [6, 6.07) is 4.52. The number of nitrogens with zero attached hydrogens (tertiary/aromatic N) is 1. The first-order valence-corrected chi connectivity index (χ1v) is 8.63. The minimum absolute atomic E-state index is 0.0345. The van der Waals surface area contributed by atoms with Crippen LogP contribution < -0.4 is 10.1 Å². The molecule has 2 rings (SSSR count). The molecule has 7 heteroatoms. The zero-order valence-electron chi connectivity index (χ0n) is 14.4. The average Bonchev–Trinajstić information content (AvgIpc) is 2.56. The van der Waals surface area contributed by atoms with Gasteiger partial charge in [-0.3, -0.25) is 4.79 Å². The minimum Gasteiger partial charge on any atom is -0.484 e. The van der Waals surface area contributed by atoms with Crippen LogP contribution >= 0.6 is 0 Å². The summed E-state index contributed by atoms with van der Waals surface area (Å²) in [5.74, 6) is 0.431. The van der Waals surface area contributed by atoms with Crippen molar-refractivity contribution in [1.29, 1.82) is 0 Å². The number of likely N-dealkylation sites (tertiary alicyclic amines) is 1. The highest BCUT2D eigenvalue weighted by molar-refractivity contribution is 5.77. The van der Waals surface area contributed by atoms with Gasteiger partial charge in [-0.05, 0) is 56.5 Å². The number of carbonyl (C=O) groups excluding carboxylic acids is 1. The minimum atomic E-state index is -4.42. The standard InChI is InChI=1S/C18H25F3N2O2/c1-14-5-3-9-23(12-14)10-4-8-22-17(24)13-25-16-7-2-6-15(11-16)18(19,20)21/h2,6-7,11,14H,3-5,8-10,12-13H2,1H3,(H,22,24)/t14-/m0/s1. The topological polar surface area (TPSA) is 41.6 Å². The lowest BCUT2D eigenvalue weighted by molar-refractivity contribution is -0.137. The van der Waals surface area contributed by atoms with Crippen LogP contribution in [0.5, 0.6) is 5.75 Å². The summed E-state index contributed by atoms with van der Waals surface area (Å²) in [5, 5.41) is 2.74. The van der Waals surface area contributed by atoms with Crippen LogP contribution in [0.1, 0.15) is 31.7 Å². The number of hydrogen-bond acceptors (Lipinski definition) is 3. The number of nitrogens with one attached hydrogen (secondary N) is 1. The van der Waals surface area contributed by atoms with E-state index in [0.717, 1.165) is 44.1 Å². The molecule has 0 saturated carbocycles. The lowest BCUT2D eigenvalue weighted by Gasteiger charge is -2.30. The van der Waals surface area contributed by atoms with Gasteiger partial charge in [0.25, 0.3) is 5.91 Å². The van der Waals surface area contributed by atoms with Crippen molar-refractivity contribution in [1.82, 2.24) is 10.2 Å². The molecule has 0 radical (unpaired) electrons. The third-order valence-electron chi connectivity index (χ3n) is 4.25. The quantitative estimate of drug-likeness (QED) is 0.761. The Hall–Kier alpha value is -1.76. The molecule has 25 heavy (non-hydrogen) atoms. The molecule has 1 fully saturated rings. The number of alkyl halides is 3. The molecule has 1 amide bonds. The number of halogens is 3. The molecular formula is C18H25F3N2O2. The van der Waals surface area contributed by atoms with Crippen molar-refractivity contribution in [3.63, 3.8) is 0 Å². The molecule has 1 aliphatic heterocycles. The van der Waals surface area contributed by atoms with Gasteiger partial charge in [0.1, 0.15) is 5.75 Å². The van der Waals surface area contributed by atoms with E-state index < -0.39 is 11.7 Å². The second-order valence-electron chi connectivity index (χ2n) is 6.57. The maximum atomic E-state index is 12.6. The Labute approximate surface area is 146 Å². The van der Waals surface area contributed by atoms with Gasteiger partial charge in [-0.1, -0.05) is 13.0 Å². The summed E-state index contributed by atoms with van der Waals surface area (Å²) in [6.45, 7) is 5.65. The number of rotatable bonds is 7. The summed E-state index contributed by atoms with van der Waals surface area (Å²) < 4.78 is 43.0. The lowest BCUT2D eigenvalue weighted by atomic mass is 10.0. The maximum Gasteiger partial charge on any atom is 0.416 e. The predicted octanol–water partition coefficient (Wildman–Crippen LogP) is 3.32. The molecule has 0 aromatic heterocycles. The van der Waals surface area contributed by atoms with E-state index in [1.54, 1.807) is 0 Å². The van der Waals surface area contributed by atoms with E-state index in [2.05, 4.69) is 17.1 Å². The predicted molar refractivity (Wildman–Crippen MR) is 89.4 cm³/mol. The lowest BCUT2D eigenvalue weighted by Crippen LogP contribution is -2.37. The van der Waals surface area contributed by atoms with Gasteiger partial charge >= 0.3 is 6.18 Å². The molecule has 0 spiro atoms. The highest BCUT2D eigenvalue weighted by Crippen LogP contribution is 2.31. The number of piperidine rings is 1. The third kappa shape index (κ3) is 6.94. The Morgan fingerprint density at radius 1 is 1.40 bits per heavy atom. The van der Waals surface area contributed by atoms with Gasteiger partial charge in [-0.25, -0.2) is 0 Å². The van der Waals surface area contributed by atoms with Crippen LogP contribution in [0.15, 0.2) is 24.3 Å². The fourth-order valence-corrected chi connectivity index (χ4v) is 2.98. The van der Waals surface area contributed by atoms with Gasteiger partial charge in [-0.2, -0.15) is 13.2 Å². The van der Waals surface area contributed by atoms with Crippen molar-refractivity contribution in [3.05, 3.63) is 29.8 Å². The Balaban J connectivity index is 1.64. The van der Waals surface area contributed by atoms with Crippen LogP contribution in [-0.4, -0.2) is 43.6 Å². The van der Waals surface area contributed by atoms with E-state index in [9.17, 15) is 18.0 Å². The third-order valence-corrected chi connectivity index (χ3v) is 4.25. The summed E-state index contributed by atoms with van der Waals surface area (Å²) >= 11 is 0. The van der Waals surface area contributed by atoms with Crippen molar-refractivity contribution >= 4 is 5.91 Å². The molecule has 1 heterocycles. The van der Waals surface area contributed by atoms with Crippen LogP contribution in [0, 0.1) is 5.92 Å². The van der Waals surface area contributed by atoms with Gasteiger partial charge in [0, 0.05) is 13.1 Å². The van der Waals surface area contributed by atoms with Crippen molar-refractivity contribution in [2.75, 3.05) is 32.8 Å². The summed E-state index contributed by atoms with van der Waals surface area (Å²) in [5.41, 5.74) is -0.791. The van der Waals surface area contributed by atoms with Crippen LogP contribution in [0.2, 0.25) is 0 Å². The molecule has 1 N–H and O–H groups in total. The first-order valence-electron chi connectivity index (χ1n) is 8.63. The molecule has 4 nitrogen and oxygen atoms in total. The van der Waals surface area contributed by atoms with Crippen molar-refractivity contribution in [2.24, 2.45) is 5.92 Å². The summed E-state index contributed by atoms with van der Waals surface area (Å²) in [6.07, 6.45) is -1.08. The molecule has 1 aromatic carbocycles. The fourth-order valence-electron chi connectivity index (χ4n) is 2.98. The Bertz CT molecular complexity index is 563. The van der Waals surface area contributed by atoms with Gasteiger partial charge in [0.15, 0.2) is 6.61 Å². The first-order chi connectivity index (χ1) is 11.8. The highest BCUT2D eigenvalue weighted by atomic mass is 19.4. The largest absolute Gasteiger partial charge is 0.484 e. The molecule has 1 saturated heterocycles.